The minimum absolute atomic E-state index is 0.0467. The summed E-state index contributed by atoms with van der Waals surface area (Å²) in [6.45, 7) is 2.61. The van der Waals surface area contributed by atoms with E-state index in [2.05, 4.69) is 5.32 Å². The summed E-state index contributed by atoms with van der Waals surface area (Å²) in [5.74, 6) is -2.68. The Morgan fingerprint density at radius 2 is 1.70 bits per heavy atom. The summed E-state index contributed by atoms with van der Waals surface area (Å²) in [6.07, 6.45) is 2.63. The number of rotatable bonds is 4. The number of carbonyl (C=O) groups is 1. The first-order valence-electron chi connectivity index (χ1n) is 8.66. The summed E-state index contributed by atoms with van der Waals surface area (Å²) < 4.78 is 53.4. The number of amides is 1. The van der Waals surface area contributed by atoms with E-state index in [1.807, 2.05) is 0 Å². The molecule has 144 valence electrons. The molecule has 1 N–H and O–H groups in total. The lowest BCUT2D eigenvalue weighted by atomic mass is 10.1. The maximum Gasteiger partial charge on any atom is 0.255 e. The number of nitrogens with zero attached hydrogens (tertiary/aromatic N) is 1. The molecule has 27 heavy (non-hydrogen) atoms. The molecule has 0 saturated carbocycles. The van der Waals surface area contributed by atoms with Crippen LogP contribution in [0.2, 0.25) is 0 Å². The van der Waals surface area contributed by atoms with Crippen molar-refractivity contribution in [3.63, 3.8) is 0 Å². The highest BCUT2D eigenvalue weighted by Gasteiger charge is 2.27. The molecule has 0 bridgehead atoms. The van der Waals surface area contributed by atoms with Crippen molar-refractivity contribution in [2.75, 3.05) is 18.4 Å². The third-order valence-corrected chi connectivity index (χ3v) is 6.48. The summed E-state index contributed by atoms with van der Waals surface area (Å²) >= 11 is 0. The molecule has 1 amide bonds. The SMILES string of the molecule is Cc1ccc(S(=O)(=O)N2CCCCC2)cc1C(=O)Nc1ccc(F)c(F)c1. The molecule has 0 aromatic heterocycles. The van der Waals surface area contributed by atoms with Gasteiger partial charge in [0.25, 0.3) is 5.91 Å². The molecule has 0 radical (unpaired) electrons. The molecule has 1 heterocycles. The lowest BCUT2D eigenvalue weighted by Crippen LogP contribution is -2.35. The van der Waals surface area contributed by atoms with Crippen LogP contribution in [0.1, 0.15) is 35.2 Å². The zero-order chi connectivity index (χ0) is 19.6. The lowest BCUT2D eigenvalue weighted by molar-refractivity contribution is 0.102. The highest BCUT2D eigenvalue weighted by atomic mass is 32.2. The number of anilines is 1. The lowest BCUT2D eigenvalue weighted by Gasteiger charge is -2.26. The van der Waals surface area contributed by atoms with E-state index in [9.17, 15) is 22.0 Å². The zero-order valence-electron chi connectivity index (χ0n) is 14.8. The monoisotopic (exact) mass is 394 g/mol. The third-order valence-electron chi connectivity index (χ3n) is 4.58. The van der Waals surface area contributed by atoms with Gasteiger partial charge in [0.15, 0.2) is 11.6 Å². The first-order chi connectivity index (χ1) is 12.8. The molecule has 1 saturated heterocycles. The maximum atomic E-state index is 13.3. The number of hydrogen-bond donors (Lipinski definition) is 1. The van der Waals surface area contributed by atoms with Gasteiger partial charge in [0.1, 0.15) is 0 Å². The number of nitrogens with one attached hydrogen (secondary N) is 1. The normalized spacial score (nSPS) is 15.5. The van der Waals surface area contributed by atoms with E-state index in [4.69, 9.17) is 0 Å². The van der Waals surface area contributed by atoms with Crippen LogP contribution in [0, 0.1) is 18.6 Å². The molecule has 1 aliphatic heterocycles. The van der Waals surface area contributed by atoms with Gasteiger partial charge in [-0.05, 0) is 49.6 Å². The second-order valence-corrected chi connectivity index (χ2v) is 8.46. The van der Waals surface area contributed by atoms with Crippen LogP contribution in [0.5, 0.6) is 0 Å². The Hall–Kier alpha value is -2.32. The van der Waals surface area contributed by atoms with E-state index >= 15 is 0 Å². The Bertz CT molecular complexity index is 971. The second-order valence-electron chi connectivity index (χ2n) is 6.52. The van der Waals surface area contributed by atoms with Crippen LogP contribution in [-0.2, 0) is 10.0 Å². The topological polar surface area (TPSA) is 66.5 Å². The zero-order valence-corrected chi connectivity index (χ0v) is 15.7. The van der Waals surface area contributed by atoms with Crippen LogP contribution in [-0.4, -0.2) is 31.7 Å². The fraction of sp³-hybridized carbons (Fsp3) is 0.316. The van der Waals surface area contributed by atoms with Crippen molar-refractivity contribution in [2.45, 2.75) is 31.1 Å². The van der Waals surface area contributed by atoms with E-state index in [0.29, 0.717) is 18.7 Å². The Kier molecular flexibility index (Phi) is 5.57. The maximum absolute atomic E-state index is 13.3. The molecule has 3 rings (SSSR count). The summed E-state index contributed by atoms with van der Waals surface area (Å²) in [7, 11) is -3.68. The van der Waals surface area contributed by atoms with Crippen LogP contribution in [0.25, 0.3) is 0 Å². The van der Waals surface area contributed by atoms with Crippen LogP contribution >= 0.6 is 0 Å². The molecule has 0 atom stereocenters. The van der Waals surface area contributed by atoms with Crippen LogP contribution in [0.4, 0.5) is 14.5 Å². The molecule has 2 aromatic rings. The van der Waals surface area contributed by atoms with Crippen molar-refractivity contribution in [1.82, 2.24) is 4.31 Å². The van der Waals surface area contributed by atoms with E-state index in [-0.39, 0.29) is 16.1 Å². The van der Waals surface area contributed by atoms with Crippen LogP contribution in [0.3, 0.4) is 0 Å². The molecule has 0 aliphatic carbocycles. The Morgan fingerprint density at radius 3 is 2.37 bits per heavy atom. The number of halogens is 2. The van der Waals surface area contributed by atoms with Crippen molar-refractivity contribution in [1.29, 1.82) is 0 Å². The Balaban J connectivity index is 1.88. The average molecular weight is 394 g/mol. The van der Waals surface area contributed by atoms with Gasteiger partial charge in [-0.2, -0.15) is 4.31 Å². The van der Waals surface area contributed by atoms with Gasteiger partial charge < -0.3 is 5.32 Å². The van der Waals surface area contributed by atoms with E-state index in [1.54, 1.807) is 13.0 Å². The number of hydrogen-bond acceptors (Lipinski definition) is 3. The van der Waals surface area contributed by atoms with E-state index in [0.717, 1.165) is 31.4 Å². The molecule has 8 heteroatoms. The smallest absolute Gasteiger partial charge is 0.255 e. The molecule has 0 spiro atoms. The van der Waals surface area contributed by atoms with Gasteiger partial charge >= 0.3 is 0 Å². The molecule has 0 unspecified atom stereocenters. The van der Waals surface area contributed by atoms with Gasteiger partial charge in [0.2, 0.25) is 10.0 Å². The summed E-state index contributed by atoms with van der Waals surface area (Å²) in [4.78, 5) is 12.6. The van der Waals surface area contributed by atoms with Gasteiger partial charge in [0, 0.05) is 30.4 Å². The van der Waals surface area contributed by atoms with Crippen molar-refractivity contribution in [2.24, 2.45) is 0 Å². The van der Waals surface area contributed by atoms with Crippen LogP contribution < -0.4 is 5.32 Å². The molecule has 1 fully saturated rings. The minimum Gasteiger partial charge on any atom is -0.322 e. The highest BCUT2D eigenvalue weighted by molar-refractivity contribution is 7.89. The molecular formula is C19H20F2N2O3S. The molecule has 5 nitrogen and oxygen atoms in total. The standard InChI is InChI=1S/C19H20F2N2O3S/c1-13-5-7-15(27(25,26)23-9-3-2-4-10-23)12-16(13)19(24)22-14-6-8-17(20)18(21)11-14/h5-8,11-12H,2-4,9-10H2,1H3,(H,22,24). The Labute approximate surface area is 157 Å². The summed E-state index contributed by atoms with van der Waals surface area (Å²) in [5.41, 5.74) is 0.827. The number of carbonyl (C=O) groups excluding carboxylic acids is 1. The van der Waals surface area contributed by atoms with Crippen molar-refractivity contribution in [3.8, 4) is 0 Å². The van der Waals surface area contributed by atoms with Gasteiger partial charge in [-0.1, -0.05) is 12.5 Å². The Morgan fingerprint density at radius 1 is 1.00 bits per heavy atom. The fourth-order valence-corrected chi connectivity index (χ4v) is 4.58. The number of sulfonamides is 1. The second kappa shape index (κ2) is 7.74. The molecular weight excluding hydrogens is 374 g/mol. The van der Waals surface area contributed by atoms with E-state index < -0.39 is 27.6 Å². The fourth-order valence-electron chi connectivity index (χ4n) is 3.03. The van der Waals surface area contributed by atoms with Gasteiger partial charge in [0.05, 0.1) is 4.90 Å². The number of benzene rings is 2. The van der Waals surface area contributed by atoms with Gasteiger partial charge in [-0.3, -0.25) is 4.79 Å². The van der Waals surface area contributed by atoms with Crippen LogP contribution in [0.15, 0.2) is 41.3 Å². The predicted octanol–water partition coefficient (Wildman–Crippen LogP) is 3.70. The quantitative estimate of drug-likeness (QED) is 0.860. The first-order valence-corrected chi connectivity index (χ1v) is 10.1. The third kappa shape index (κ3) is 4.17. The first kappa shape index (κ1) is 19.4. The average Bonchev–Trinajstić information content (AvgIpc) is 2.65. The van der Waals surface area contributed by atoms with Crippen molar-refractivity contribution < 1.29 is 22.0 Å². The minimum atomic E-state index is -3.68. The van der Waals surface area contributed by atoms with Crippen molar-refractivity contribution in [3.05, 3.63) is 59.2 Å². The van der Waals surface area contributed by atoms with Crippen molar-refractivity contribution >= 4 is 21.6 Å². The van der Waals surface area contributed by atoms with Gasteiger partial charge in [-0.15, -0.1) is 0 Å². The molecule has 1 aliphatic rings. The predicted molar refractivity (Wildman–Crippen MR) is 98.1 cm³/mol. The highest BCUT2D eigenvalue weighted by Crippen LogP contribution is 2.23. The van der Waals surface area contributed by atoms with E-state index in [1.165, 1.54) is 22.5 Å². The summed E-state index contributed by atoms with van der Waals surface area (Å²) in [5, 5.41) is 2.47. The number of piperidine rings is 1. The van der Waals surface area contributed by atoms with Gasteiger partial charge in [-0.25, -0.2) is 17.2 Å². The summed E-state index contributed by atoms with van der Waals surface area (Å²) in [6, 6.07) is 7.39. The largest absolute Gasteiger partial charge is 0.322 e. The molecule has 2 aromatic carbocycles. The number of aryl methyl sites for hydroxylation is 1.